The summed E-state index contributed by atoms with van der Waals surface area (Å²) in [6.07, 6.45) is 2.72. The third kappa shape index (κ3) is 5.70. The molecular formula is C16H31NO3. The largest absolute Gasteiger partial charge is 0.444 e. The molecule has 0 aromatic carbocycles. The minimum absolute atomic E-state index is 0.200. The van der Waals surface area contributed by atoms with E-state index in [2.05, 4.69) is 13.8 Å². The molecule has 0 radical (unpaired) electrons. The van der Waals surface area contributed by atoms with Gasteiger partial charge in [0.15, 0.2) is 0 Å². The maximum atomic E-state index is 12.2. The van der Waals surface area contributed by atoms with Crippen LogP contribution in [-0.2, 0) is 4.74 Å². The molecule has 1 saturated heterocycles. The molecule has 0 aromatic heterocycles. The van der Waals surface area contributed by atoms with Gasteiger partial charge in [-0.3, -0.25) is 0 Å². The van der Waals surface area contributed by atoms with Gasteiger partial charge in [0.05, 0.1) is 0 Å². The predicted molar refractivity (Wildman–Crippen MR) is 80.6 cm³/mol. The van der Waals surface area contributed by atoms with Crippen LogP contribution < -0.4 is 0 Å². The van der Waals surface area contributed by atoms with E-state index in [1.807, 2.05) is 25.7 Å². The van der Waals surface area contributed by atoms with Crippen LogP contribution in [-0.4, -0.2) is 41.4 Å². The molecule has 1 aliphatic heterocycles. The maximum Gasteiger partial charge on any atom is 0.410 e. The molecule has 20 heavy (non-hydrogen) atoms. The average Bonchev–Trinajstić information content (AvgIpc) is 2.28. The van der Waals surface area contributed by atoms with Gasteiger partial charge in [-0.1, -0.05) is 13.8 Å². The first-order valence-electron chi connectivity index (χ1n) is 7.81. The Labute approximate surface area is 123 Å². The standard InChI is InChI=1S/C16H31NO3/c1-12(2)10-14-11-17(8-6-13(14)7-9-18)15(19)20-16(3,4)5/h12-14,18H,6-11H2,1-5H3. The molecule has 0 bridgehead atoms. The van der Waals surface area contributed by atoms with Gasteiger partial charge >= 0.3 is 6.09 Å². The van der Waals surface area contributed by atoms with E-state index in [0.29, 0.717) is 17.8 Å². The number of rotatable bonds is 4. The molecule has 1 heterocycles. The highest BCUT2D eigenvalue weighted by Crippen LogP contribution is 2.31. The van der Waals surface area contributed by atoms with Gasteiger partial charge in [0.1, 0.15) is 5.60 Å². The van der Waals surface area contributed by atoms with Crippen molar-refractivity contribution < 1.29 is 14.6 Å². The summed E-state index contributed by atoms with van der Waals surface area (Å²) in [5.41, 5.74) is -0.438. The second-order valence-electron chi connectivity index (χ2n) is 7.38. The Balaban J connectivity index is 2.63. The van der Waals surface area contributed by atoms with Crippen molar-refractivity contribution in [2.24, 2.45) is 17.8 Å². The number of likely N-dealkylation sites (tertiary alicyclic amines) is 1. The smallest absolute Gasteiger partial charge is 0.410 e. The zero-order chi connectivity index (χ0) is 15.3. The minimum atomic E-state index is -0.438. The van der Waals surface area contributed by atoms with Crippen molar-refractivity contribution in [2.75, 3.05) is 19.7 Å². The molecule has 2 unspecified atom stereocenters. The lowest BCUT2D eigenvalue weighted by Gasteiger charge is -2.39. The van der Waals surface area contributed by atoms with E-state index < -0.39 is 5.60 Å². The molecule has 2 atom stereocenters. The van der Waals surface area contributed by atoms with Crippen LogP contribution >= 0.6 is 0 Å². The van der Waals surface area contributed by atoms with Crippen LogP contribution in [0.4, 0.5) is 4.79 Å². The number of amides is 1. The highest BCUT2D eigenvalue weighted by Gasteiger charge is 2.33. The zero-order valence-electron chi connectivity index (χ0n) is 13.7. The maximum absolute atomic E-state index is 12.2. The first kappa shape index (κ1) is 17.3. The topological polar surface area (TPSA) is 49.8 Å². The Morgan fingerprint density at radius 3 is 2.50 bits per heavy atom. The van der Waals surface area contributed by atoms with Gasteiger partial charge in [-0.2, -0.15) is 0 Å². The molecule has 0 aliphatic carbocycles. The molecule has 4 heteroatoms. The lowest BCUT2D eigenvalue weighted by Crippen LogP contribution is -2.46. The van der Waals surface area contributed by atoms with Gasteiger partial charge in [-0.05, 0) is 57.8 Å². The van der Waals surface area contributed by atoms with E-state index in [0.717, 1.165) is 32.4 Å². The van der Waals surface area contributed by atoms with Gasteiger partial charge in [0.25, 0.3) is 0 Å². The summed E-state index contributed by atoms with van der Waals surface area (Å²) in [7, 11) is 0. The van der Waals surface area contributed by atoms with E-state index >= 15 is 0 Å². The number of aliphatic hydroxyl groups excluding tert-OH is 1. The summed E-state index contributed by atoms with van der Waals surface area (Å²) < 4.78 is 5.46. The first-order chi connectivity index (χ1) is 9.23. The van der Waals surface area contributed by atoms with E-state index in [4.69, 9.17) is 4.74 Å². The van der Waals surface area contributed by atoms with E-state index in [9.17, 15) is 9.90 Å². The lowest BCUT2D eigenvalue weighted by atomic mass is 9.79. The van der Waals surface area contributed by atoms with Crippen molar-refractivity contribution in [2.45, 2.75) is 59.5 Å². The fraction of sp³-hybridized carbons (Fsp3) is 0.938. The lowest BCUT2D eigenvalue weighted by molar-refractivity contribution is 0.00631. The van der Waals surface area contributed by atoms with Crippen LogP contribution in [0.25, 0.3) is 0 Å². The summed E-state index contributed by atoms with van der Waals surface area (Å²) in [6, 6.07) is 0. The Hall–Kier alpha value is -0.770. The third-order valence-corrected chi connectivity index (χ3v) is 3.82. The number of nitrogens with zero attached hydrogens (tertiary/aromatic N) is 1. The van der Waals surface area contributed by atoms with Gasteiger partial charge in [-0.25, -0.2) is 4.79 Å². The normalized spacial score (nSPS) is 24.1. The Kier molecular flexibility index (Phi) is 6.31. The van der Waals surface area contributed by atoms with Crippen molar-refractivity contribution >= 4 is 6.09 Å². The predicted octanol–water partition coefficient (Wildman–Crippen LogP) is 3.29. The van der Waals surface area contributed by atoms with Gasteiger partial charge in [0, 0.05) is 19.7 Å². The second kappa shape index (κ2) is 7.30. The summed E-state index contributed by atoms with van der Waals surface area (Å²) in [4.78, 5) is 14.0. The summed E-state index contributed by atoms with van der Waals surface area (Å²) in [6.45, 7) is 11.9. The molecule has 1 N–H and O–H groups in total. The average molecular weight is 285 g/mol. The zero-order valence-corrected chi connectivity index (χ0v) is 13.7. The number of ether oxygens (including phenoxy) is 1. The number of carbonyl (C=O) groups excluding carboxylic acids is 1. The molecule has 1 fully saturated rings. The Morgan fingerprint density at radius 1 is 1.35 bits per heavy atom. The van der Waals surface area contributed by atoms with E-state index in [-0.39, 0.29) is 12.7 Å². The van der Waals surface area contributed by atoms with Crippen LogP contribution in [0, 0.1) is 17.8 Å². The number of piperidine rings is 1. The summed E-state index contributed by atoms with van der Waals surface area (Å²) >= 11 is 0. The summed E-state index contributed by atoms with van der Waals surface area (Å²) in [5.74, 6) is 1.62. The van der Waals surface area contributed by atoms with Gasteiger partial charge in [0.2, 0.25) is 0 Å². The van der Waals surface area contributed by atoms with Crippen molar-refractivity contribution in [1.29, 1.82) is 0 Å². The Bertz CT molecular complexity index is 309. The SMILES string of the molecule is CC(C)CC1CN(C(=O)OC(C)(C)C)CCC1CCO. The molecule has 1 rings (SSSR count). The van der Waals surface area contributed by atoms with Gasteiger partial charge < -0.3 is 14.7 Å². The van der Waals surface area contributed by atoms with Crippen LogP contribution in [0.5, 0.6) is 0 Å². The monoisotopic (exact) mass is 285 g/mol. The fourth-order valence-corrected chi connectivity index (χ4v) is 2.99. The van der Waals surface area contributed by atoms with Crippen LogP contribution in [0.1, 0.15) is 53.9 Å². The Morgan fingerprint density at radius 2 is 2.00 bits per heavy atom. The van der Waals surface area contributed by atoms with Crippen molar-refractivity contribution in [3.8, 4) is 0 Å². The quantitative estimate of drug-likeness (QED) is 0.862. The van der Waals surface area contributed by atoms with Crippen molar-refractivity contribution in [1.82, 2.24) is 4.90 Å². The molecule has 1 aliphatic rings. The molecular weight excluding hydrogens is 254 g/mol. The first-order valence-corrected chi connectivity index (χ1v) is 7.81. The van der Waals surface area contributed by atoms with Crippen LogP contribution in [0.15, 0.2) is 0 Å². The minimum Gasteiger partial charge on any atom is -0.444 e. The fourth-order valence-electron chi connectivity index (χ4n) is 2.99. The molecule has 0 saturated carbocycles. The van der Waals surface area contributed by atoms with Gasteiger partial charge in [-0.15, -0.1) is 0 Å². The molecule has 0 aromatic rings. The van der Waals surface area contributed by atoms with E-state index in [1.165, 1.54) is 0 Å². The molecule has 118 valence electrons. The third-order valence-electron chi connectivity index (χ3n) is 3.82. The van der Waals surface area contributed by atoms with Crippen molar-refractivity contribution in [3.63, 3.8) is 0 Å². The molecule has 4 nitrogen and oxygen atoms in total. The summed E-state index contributed by atoms with van der Waals surface area (Å²) in [5, 5.41) is 9.19. The highest BCUT2D eigenvalue weighted by molar-refractivity contribution is 5.68. The van der Waals surface area contributed by atoms with Crippen LogP contribution in [0.3, 0.4) is 0 Å². The number of carbonyl (C=O) groups is 1. The number of hydrogen-bond acceptors (Lipinski definition) is 3. The van der Waals surface area contributed by atoms with Crippen LogP contribution in [0.2, 0.25) is 0 Å². The molecule has 1 amide bonds. The molecule has 0 spiro atoms. The second-order valence-corrected chi connectivity index (χ2v) is 7.38. The number of hydrogen-bond donors (Lipinski definition) is 1. The van der Waals surface area contributed by atoms with Crippen molar-refractivity contribution in [3.05, 3.63) is 0 Å². The van der Waals surface area contributed by atoms with E-state index in [1.54, 1.807) is 0 Å². The highest BCUT2D eigenvalue weighted by atomic mass is 16.6. The number of aliphatic hydroxyl groups is 1.